The largest absolute Gasteiger partial charge is 0.310 e. The Morgan fingerprint density at radius 1 is 0.305 bits per heavy atom. The molecule has 1 aliphatic heterocycles. The minimum absolute atomic E-state index is 0.147. The summed E-state index contributed by atoms with van der Waals surface area (Å²) in [5.41, 5.74) is 32.5. The van der Waals surface area contributed by atoms with Crippen LogP contribution in [0.3, 0.4) is 0 Å². The van der Waals surface area contributed by atoms with E-state index < -0.39 is 5.41 Å². The lowest BCUT2D eigenvalue weighted by Gasteiger charge is -2.46. The Labute approximate surface area is 485 Å². The van der Waals surface area contributed by atoms with Crippen molar-refractivity contribution in [3.8, 4) is 22.3 Å². The number of aryl methyl sites for hydroxylation is 4. The van der Waals surface area contributed by atoms with Crippen molar-refractivity contribution in [2.24, 2.45) is 0 Å². The van der Waals surface area contributed by atoms with Crippen molar-refractivity contribution >= 4 is 51.2 Å². The third kappa shape index (κ3) is 7.62. The summed E-state index contributed by atoms with van der Waals surface area (Å²) >= 11 is 0. The summed E-state index contributed by atoms with van der Waals surface area (Å²) in [6, 6.07) is 89.8. The van der Waals surface area contributed by atoms with Crippen molar-refractivity contribution in [1.82, 2.24) is 0 Å². The van der Waals surface area contributed by atoms with Crippen LogP contribution in [0.2, 0.25) is 0 Å². The first-order valence-corrected chi connectivity index (χ1v) is 29.2. The maximum atomic E-state index is 2.50. The van der Waals surface area contributed by atoms with Crippen LogP contribution in [0.15, 0.2) is 237 Å². The molecule has 0 radical (unpaired) electrons. The van der Waals surface area contributed by atoms with Gasteiger partial charge in [-0.3, -0.25) is 0 Å². The second-order valence-corrected chi connectivity index (χ2v) is 24.5. The van der Waals surface area contributed by atoms with E-state index in [9.17, 15) is 0 Å². The van der Waals surface area contributed by atoms with Crippen LogP contribution < -0.4 is 14.7 Å². The molecule has 0 N–H and O–H groups in total. The quantitative estimate of drug-likeness (QED) is 0.143. The standard InChI is InChI=1S/C79H69N3/c1-50-44-52(3)54(5)75(46-50)80(61-40-42-65-63-24-14-16-26-67(63)77(7,8)71(65)48-61)59-36-32-56(33-37-59)79(69-28-18-20-30-73(69)82(58-22-12-11-13-23-58)74-31-21-19-29-70(74)79)57-34-38-60(39-35-57)81(76-47-51(2)45-53(4)55(76)6)62-41-43-66-64-25-15-17-27-68(64)78(9,10)72(66)49-62/h11-49H,1-10H3. The van der Waals surface area contributed by atoms with Gasteiger partial charge in [-0.05, 0) is 227 Å². The second-order valence-electron chi connectivity index (χ2n) is 24.5. The van der Waals surface area contributed by atoms with Crippen molar-refractivity contribution in [3.05, 3.63) is 314 Å². The van der Waals surface area contributed by atoms with E-state index in [1.54, 1.807) is 0 Å². The average molecular weight is 1060 g/mol. The molecule has 3 aliphatic rings. The molecule has 0 spiro atoms. The lowest BCUT2D eigenvalue weighted by Crippen LogP contribution is -2.37. The Morgan fingerprint density at radius 2 is 0.659 bits per heavy atom. The van der Waals surface area contributed by atoms with Gasteiger partial charge < -0.3 is 14.7 Å². The van der Waals surface area contributed by atoms with E-state index in [0.29, 0.717) is 0 Å². The number of anilines is 9. The van der Waals surface area contributed by atoms with Crippen LogP contribution >= 0.6 is 0 Å². The number of hydrogen-bond acceptors (Lipinski definition) is 3. The number of hydrogen-bond donors (Lipinski definition) is 0. The highest BCUT2D eigenvalue weighted by atomic mass is 15.2. The summed E-state index contributed by atoms with van der Waals surface area (Å²) in [7, 11) is 0. The molecule has 0 saturated heterocycles. The van der Waals surface area contributed by atoms with Crippen molar-refractivity contribution < 1.29 is 0 Å². The maximum Gasteiger partial charge on any atom is 0.0742 e. The molecule has 0 atom stereocenters. The first-order valence-electron chi connectivity index (χ1n) is 29.2. The van der Waals surface area contributed by atoms with Gasteiger partial charge in [0.25, 0.3) is 0 Å². The van der Waals surface area contributed by atoms with Gasteiger partial charge in [0.1, 0.15) is 0 Å². The zero-order valence-corrected chi connectivity index (χ0v) is 48.9. The minimum atomic E-state index is -0.733. The van der Waals surface area contributed by atoms with Crippen LogP contribution in [0.25, 0.3) is 22.3 Å². The molecule has 0 aromatic heterocycles. The number of rotatable bonds is 9. The predicted molar refractivity (Wildman–Crippen MR) is 346 cm³/mol. The fourth-order valence-corrected chi connectivity index (χ4v) is 14.6. The zero-order valence-electron chi connectivity index (χ0n) is 48.9. The highest BCUT2D eigenvalue weighted by Gasteiger charge is 2.47. The topological polar surface area (TPSA) is 9.72 Å². The van der Waals surface area contributed by atoms with Gasteiger partial charge in [0.2, 0.25) is 0 Å². The highest BCUT2D eigenvalue weighted by molar-refractivity contribution is 5.92. The van der Waals surface area contributed by atoms with Crippen molar-refractivity contribution in [2.75, 3.05) is 14.7 Å². The summed E-state index contributed by atoms with van der Waals surface area (Å²) in [6.07, 6.45) is 0. The molecule has 0 unspecified atom stereocenters. The molecule has 11 aromatic rings. The smallest absolute Gasteiger partial charge is 0.0742 e. The molecule has 0 bridgehead atoms. The summed E-state index contributed by atoms with van der Waals surface area (Å²) in [5, 5.41) is 0. The molecule has 82 heavy (non-hydrogen) atoms. The van der Waals surface area contributed by atoms with Gasteiger partial charge in [-0.1, -0.05) is 179 Å². The third-order valence-electron chi connectivity index (χ3n) is 18.9. The van der Waals surface area contributed by atoms with Crippen molar-refractivity contribution in [2.45, 2.75) is 85.5 Å². The van der Waals surface area contributed by atoms with Gasteiger partial charge in [0.15, 0.2) is 0 Å². The average Bonchev–Trinajstić information content (AvgIpc) is 2.17. The monoisotopic (exact) mass is 1060 g/mol. The molecular formula is C79H69N3. The third-order valence-corrected chi connectivity index (χ3v) is 18.9. The lowest BCUT2D eigenvalue weighted by molar-refractivity contribution is 0.660. The molecule has 400 valence electrons. The molecule has 0 saturated carbocycles. The highest BCUT2D eigenvalue weighted by Crippen LogP contribution is 2.59. The van der Waals surface area contributed by atoms with Crippen LogP contribution in [-0.4, -0.2) is 0 Å². The van der Waals surface area contributed by atoms with E-state index in [1.807, 2.05) is 0 Å². The molecule has 3 heteroatoms. The molecular weight excluding hydrogens is 991 g/mol. The number of nitrogens with zero attached hydrogens (tertiary/aromatic N) is 3. The van der Waals surface area contributed by atoms with E-state index in [-0.39, 0.29) is 10.8 Å². The fraction of sp³-hybridized carbons (Fsp3) is 0.165. The number of fused-ring (bicyclic) bond motifs is 8. The fourth-order valence-electron chi connectivity index (χ4n) is 14.6. The van der Waals surface area contributed by atoms with Gasteiger partial charge in [-0.15, -0.1) is 0 Å². The van der Waals surface area contributed by atoms with E-state index >= 15 is 0 Å². The Kier molecular flexibility index (Phi) is 11.8. The van der Waals surface area contributed by atoms with Crippen LogP contribution in [-0.2, 0) is 16.2 Å². The van der Waals surface area contributed by atoms with E-state index in [2.05, 4.69) is 321 Å². The van der Waals surface area contributed by atoms with Gasteiger partial charge in [0.05, 0.1) is 16.8 Å². The van der Waals surface area contributed by atoms with Crippen molar-refractivity contribution in [1.29, 1.82) is 0 Å². The van der Waals surface area contributed by atoms with Gasteiger partial charge in [0, 0.05) is 50.6 Å². The molecule has 14 rings (SSSR count). The van der Waals surface area contributed by atoms with Gasteiger partial charge in [-0.25, -0.2) is 0 Å². The number of para-hydroxylation sites is 3. The predicted octanol–water partition coefficient (Wildman–Crippen LogP) is 21.3. The Hall–Kier alpha value is -9.18. The maximum absolute atomic E-state index is 2.50. The summed E-state index contributed by atoms with van der Waals surface area (Å²) in [5.74, 6) is 0. The molecule has 3 nitrogen and oxygen atoms in total. The van der Waals surface area contributed by atoms with Gasteiger partial charge in [-0.2, -0.15) is 0 Å². The van der Waals surface area contributed by atoms with E-state index in [0.717, 1.165) is 39.8 Å². The number of benzene rings is 11. The van der Waals surface area contributed by atoms with Crippen LogP contribution in [0.4, 0.5) is 51.2 Å². The zero-order chi connectivity index (χ0) is 56.4. The Morgan fingerprint density at radius 3 is 1.09 bits per heavy atom. The van der Waals surface area contributed by atoms with Crippen LogP contribution in [0.5, 0.6) is 0 Å². The molecule has 1 heterocycles. The van der Waals surface area contributed by atoms with Crippen LogP contribution in [0.1, 0.15) is 106 Å². The Bertz CT molecular complexity index is 4090. The molecule has 2 aliphatic carbocycles. The van der Waals surface area contributed by atoms with E-state index in [1.165, 1.54) is 112 Å². The van der Waals surface area contributed by atoms with Gasteiger partial charge >= 0.3 is 0 Å². The van der Waals surface area contributed by atoms with E-state index in [4.69, 9.17) is 0 Å². The van der Waals surface area contributed by atoms with Crippen LogP contribution in [0, 0.1) is 41.5 Å². The normalized spacial score (nSPS) is 14.5. The summed E-state index contributed by atoms with van der Waals surface area (Å²) < 4.78 is 0. The SMILES string of the molecule is Cc1cc(C)c(C)c(N(c2ccc(C3(c4ccc(N(c5ccc6c(c5)C(C)(C)c5ccccc5-6)c5cc(C)cc(C)c5C)cc4)c4ccccc4N(c4ccccc4)c4ccccc43)cc2)c2ccc3c(c2)C(C)(C)c2ccccc2-3)c1. The lowest BCUT2D eigenvalue weighted by atomic mass is 9.62. The summed E-state index contributed by atoms with van der Waals surface area (Å²) in [6.45, 7) is 23.0. The Balaban J connectivity index is 0.974. The molecule has 0 fully saturated rings. The molecule has 11 aromatic carbocycles. The molecule has 0 amide bonds. The summed E-state index contributed by atoms with van der Waals surface area (Å²) in [4.78, 5) is 7.46. The first-order chi connectivity index (χ1) is 39.7. The van der Waals surface area contributed by atoms with Crippen molar-refractivity contribution in [3.63, 3.8) is 0 Å². The first kappa shape index (κ1) is 51.0. The second kappa shape index (κ2) is 19.0. The minimum Gasteiger partial charge on any atom is -0.310 e.